The molecule has 108 valence electrons. The van der Waals surface area contributed by atoms with Crippen molar-refractivity contribution in [2.45, 2.75) is 39.3 Å². The second-order valence-corrected chi connectivity index (χ2v) is 5.18. The van der Waals surface area contributed by atoms with Crippen LogP contribution in [0.25, 0.3) is 0 Å². The summed E-state index contributed by atoms with van der Waals surface area (Å²) < 4.78 is 15.0. The monoisotopic (exact) mass is 295 g/mol. The van der Waals surface area contributed by atoms with Crippen LogP contribution in [0.5, 0.6) is 0 Å². The van der Waals surface area contributed by atoms with Crippen LogP contribution in [0.1, 0.15) is 36.8 Å². The summed E-state index contributed by atoms with van der Waals surface area (Å²) in [5.74, 6) is -0.349. The first-order chi connectivity index (χ1) is 9.55. The van der Waals surface area contributed by atoms with Gasteiger partial charge in [-0.25, -0.2) is 4.39 Å². The van der Waals surface area contributed by atoms with Gasteiger partial charge in [-0.3, -0.25) is 4.68 Å². The number of nitrogens with two attached hydrogens (primary N) is 1. The molecule has 0 saturated carbocycles. The molecule has 20 heavy (non-hydrogen) atoms. The Kier molecular flexibility index (Phi) is 4.78. The Bertz CT molecular complexity index is 595. The fourth-order valence-electron chi connectivity index (χ4n) is 2.26. The summed E-state index contributed by atoms with van der Waals surface area (Å²) in [6.45, 7) is 4.93. The van der Waals surface area contributed by atoms with E-state index in [-0.39, 0.29) is 11.9 Å². The minimum atomic E-state index is -0.349. The molecular weight excluding hydrogens is 277 g/mol. The number of halogens is 2. The van der Waals surface area contributed by atoms with Crippen LogP contribution in [0.3, 0.4) is 0 Å². The summed E-state index contributed by atoms with van der Waals surface area (Å²) in [6, 6.07) is 6.13. The molecule has 2 aromatic rings. The van der Waals surface area contributed by atoms with E-state index in [0.717, 1.165) is 29.9 Å². The summed E-state index contributed by atoms with van der Waals surface area (Å²) in [6.07, 6.45) is 1.53. The maximum absolute atomic E-state index is 13.1. The topological polar surface area (TPSA) is 43.8 Å². The minimum absolute atomic E-state index is 0.269. The van der Waals surface area contributed by atoms with E-state index in [0.29, 0.717) is 11.4 Å². The van der Waals surface area contributed by atoms with Gasteiger partial charge in [-0.05, 0) is 37.1 Å². The smallest absolute Gasteiger partial charge is 0.124 e. The molecule has 0 radical (unpaired) electrons. The lowest BCUT2D eigenvalue weighted by Gasteiger charge is -2.14. The molecule has 0 fully saturated rings. The number of aromatic nitrogens is 2. The van der Waals surface area contributed by atoms with Gasteiger partial charge in [-0.15, -0.1) is 0 Å². The van der Waals surface area contributed by atoms with Gasteiger partial charge in [0, 0.05) is 29.7 Å². The van der Waals surface area contributed by atoms with Crippen molar-refractivity contribution in [2.75, 3.05) is 0 Å². The van der Waals surface area contributed by atoms with Crippen molar-refractivity contribution in [3.8, 4) is 0 Å². The molecule has 5 heteroatoms. The SMILES string of the molecule is CCc1cc(CC(N)c2ccc(F)cc2Cl)n(CC)n1. The molecule has 1 atom stereocenters. The molecule has 0 aliphatic rings. The van der Waals surface area contributed by atoms with Gasteiger partial charge in [0.2, 0.25) is 0 Å². The van der Waals surface area contributed by atoms with E-state index in [1.165, 1.54) is 12.1 Å². The Morgan fingerprint density at radius 1 is 1.35 bits per heavy atom. The van der Waals surface area contributed by atoms with E-state index in [4.69, 9.17) is 17.3 Å². The van der Waals surface area contributed by atoms with E-state index in [1.54, 1.807) is 6.07 Å². The number of nitrogens with zero attached hydrogens (tertiary/aromatic N) is 2. The molecule has 0 bridgehead atoms. The lowest BCUT2D eigenvalue weighted by atomic mass is 10.0. The van der Waals surface area contributed by atoms with Crippen LogP contribution in [0.15, 0.2) is 24.3 Å². The number of benzene rings is 1. The van der Waals surface area contributed by atoms with Gasteiger partial charge in [0.1, 0.15) is 5.82 Å². The van der Waals surface area contributed by atoms with Gasteiger partial charge in [0.05, 0.1) is 5.69 Å². The van der Waals surface area contributed by atoms with E-state index in [1.807, 2.05) is 11.6 Å². The Labute approximate surface area is 123 Å². The summed E-state index contributed by atoms with van der Waals surface area (Å²) in [5, 5.41) is 4.87. The van der Waals surface area contributed by atoms with E-state index < -0.39 is 0 Å². The molecule has 3 nitrogen and oxygen atoms in total. The zero-order valence-electron chi connectivity index (χ0n) is 11.7. The standard InChI is InChI=1S/C15H19ClFN3/c1-3-11-8-12(20(4-2)19-11)9-15(18)13-6-5-10(17)7-14(13)16/h5-8,15H,3-4,9,18H2,1-2H3. The zero-order valence-corrected chi connectivity index (χ0v) is 12.5. The van der Waals surface area contributed by atoms with Gasteiger partial charge in [0.15, 0.2) is 0 Å². The fourth-order valence-corrected chi connectivity index (χ4v) is 2.57. The summed E-state index contributed by atoms with van der Waals surface area (Å²) >= 11 is 6.05. The Balaban J connectivity index is 2.22. The average Bonchev–Trinajstić information content (AvgIpc) is 2.80. The molecule has 2 rings (SSSR count). The minimum Gasteiger partial charge on any atom is -0.324 e. The van der Waals surface area contributed by atoms with Crippen molar-refractivity contribution in [2.24, 2.45) is 5.73 Å². The fraction of sp³-hybridized carbons (Fsp3) is 0.400. The van der Waals surface area contributed by atoms with Crippen molar-refractivity contribution < 1.29 is 4.39 Å². The highest BCUT2D eigenvalue weighted by atomic mass is 35.5. The third-order valence-electron chi connectivity index (χ3n) is 3.37. The molecule has 0 aliphatic carbocycles. The molecule has 2 N–H and O–H groups in total. The van der Waals surface area contributed by atoms with Gasteiger partial charge < -0.3 is 5.73 Å². The van der Waals surface area contributed by atoms with Gasteiger partial charge in [-0.2, -0.15) is 5.10 Å². The van der Waals surface area contributed by atoms with Crippen molar-refractivity contribution in [3.63, 3.8) is 0 Å². The lowest BCUT2D eigenvalue weighted by molar-refractivity contribution is 0.584. The first-order valence-electron chi connectivity index (χ1n) is 6.81. The second kappa shape index (κ2) is 6.37. The zero-order chi connectivity index (χ0) is 14.7. The highest BCUT2D eigenvalue weighted by molar-refractivity contribution is 6.31. The van der Waals surface area contributed by atoms with Crippen molar-refractivity contribution in [1.29, 1.82) is 0 Å². The molecule has 0 spiro atoms. The van der Waals surface area contributed by atoms with Crippen molar-refractivity contribution in [1.82, 2.24) is 9.78 Å². The third-order valence-corrected chi connectivity index (χ3v) is 3.69. The molecule has 0 amide bonds. The average molecular weight is 296 g/mol. The maximum atomic E-state index is 13.1. The summed E-state index contributed by atoms with van der Waals surface area (Å²) in [5.41, 5.74) is 9.10. The predicted molar refractivity (Wildman–Crippen MR) is 79.3 cm³/mol. The molecular formula is C15H19ClFN3. The first kappa shape index (κ1) is 15.0. The maximum Gasteiger partial charge on any atom is 0.124 e. The highest BCUT2D eigenvalue weighted by Gasteiger charge is 2.15. The van der Waals surface area contributed by atoms with Crippen LogP contribution in [0, 0.1) is 5.82 Å². The van der Waals surface area contributed by atoms with E-state index >= 15 is 0 Å². The number of rotatable bonds is 5. The second-order valence-electron chi connectivity index (χ2n) is 4.77. The Morgan fingerprint density at radius 2 is 2.10 bits per heavy atom. The number of aryl methyl sites for hydroxylation is 2. The summed E-state index contributed by atoms with van der Waals surface area (Å²) in [7, 11) is 0. The van der Waals surface area contributed by atoms with Crippen LogP contribution < -0.4 is 5.73 Å². The lowest BCUT2D eigenvalue weighted by Crippen LogP contribution is -2.16. The largest absolute Gasteiger partial charge is 0.324 e. The van der Waals surface area contributed by atoms with Crippen LogP contribution in [0.4, 0.5) is 4.39 Å². The van der Waals surface area contributed by atoms with Crippen LogP contribution in [-0.4, -0.2) is 9.78 Å². The van der Waals surface area contributed by atoms with Gasteiger partial charge >= 0.3 is 0 Å². The predicted octanol–water partition coefficient (Wildman–Crippen LogP) is 3.50. The Hall–Kier alpha value is -1.39. The molecule has 0 saturated heterocycles. The van der Waals surface area contributed by atoms with Crippen LogP contribution >= 0.6 is 11.6 Å². The van der Waals surface area contributed by atoms with E-state index in [2.05, 4.69) is 18.1 Å². The first-order valence-corrected chi connectivity index (χ1v) is 7.19. The van der Waals surface area contributed by atoms with Crippen molar-refractivity contribution in [3.05, 3.63) is 52.1 Å². The number of hydrogen-bond donors (Lipinski definition) is 1. The normalized spacial score (nSPS) is 12.7. The van der Waals surface area contributed by atoms with Crippen LogP contribution in [0.2, 0.25) is 5.02 Å². The van der Waals surface area contributed by atoms with Gasteiger partial charge in [0.25, 0.3) is 0 Å². The highest BCUT2D eigenvalue weighted by Crippen LogP contribution is 2.25. The molecule has 1 aromatic carbocycles. The van der Waals surface area contributed by atoms with Crippen LogP contribution in [-0.2, 0) is 19.4 Å². The number of hydrogen-bond acceptors (Lipinski definition) is 2. The molecule has 1 unspecified atom stereocenters. The molecule has 1 heterocycles. The molecule has 1 aromatic heterocycles. The third kappa shape index (κ3) is 3.19. The summed E-state index contributed by atoms with van der Waals surface area (Å²) in [4.78, 5) is 0. The Morgan fingerprint density at radius 3 is 2.70 bits per heavy atom. The van der Waals surface area contributed by atoms with Gasteiger partial charge in [-0.1, -0.05) is 24.6 Å². The van der Waals surface area contributed by atoms with E-state index in [9.17, 15) is 4.39 Å². The molecule has 0 aliphatic heterocycles. The van der Waals surface area contributed by atoms with Crippen molar-refractivity contribution >= 4 is 11.6 Å². The quantitative estimate of drug-likeness (QED) is 0.917.